The third-order valence-electron chi connectivity index (χ3n) is 1.34. The second-order valence-electron chi connectivity index (χ2n) is 7.04. The third kappa shape index (κ3) is 2530. The van der Waals surface area contributed by atoms with Gasteiger partial charge in [-0.2, -0.15) is 0 Å². The smallest absolute Gasteiger partial charge is 0.676 e. The van der Waals surface area contributed by atoms with Crippen molar-refractivity contribution in [1.82, 2.24) is 0 Å². The van der Waals surface area contributed by atoms with Gasteiger partial charge in [-0.3, -0.25) is 0 Å². The molecule has 0 fully saturated rings. The minimum atomic E-state index is -3.06. The van der Waals surface area contributed by atoms with Crippen LogP contribution in [-0.4, -0.2) is 288 Å². The summed E-state index contributed by atoms with van der Waals surface area (Å²) in [5.41, 5.74) is 74.4. The molecular formula is C24H86Ag2Cl10I2N16O29Pt6. The summed E-state index contributed by atoms with van der Waals surface area (Å²) in [6.45, 7) is 1.33. The molecule has 0 aromatic rings. The molecule has 0 atom stereocenters. The standard InChI is InChI=1S/12C2H6NO.2Ag.Cl2.8ClH.2HI.4HNO3.5H2O.6Pt/c12*3-1-2-4;;;1-2;;;;;;;;;;;4*2-1(3)4;;;;;;;;;;;/h12*3-4H,1-2H2;;;;10*1H;4*(H,2,3,4);5*1H2;;;;;;/q12*-1;;;;;;;;;;;;;;;;;;;;;;;2*+2;3*+4;+6/p-10. The first-order chi connectivity index (χ1) is 37.1. The van der Waals surface area contributed by atoms with E-state index in [9.17, 15) is 0 Å². The van der Waals surface area contributed by atoms with Gasteiger partial charge in [0.25, 0.3) is 20.3 Å². The number of nitrogens with one attached hydrogen (secondary N) is 12. The zero-order valence-corrected chi connectivity index (χ0v) is 73.2. The zero-order chi connectivity index (χ0) is 69.9. The van der Waals surface area contributed by atoms with Crippen molar-refractivity contribution >= 4 is 136 Å². The molecule has 0 saturated heterocycles. The van der Waals surface area contributed by atoms with Gasteiger partial charge in [0, 0.05) is 146 Å². The van der Waals surface area contributed by atoms with Crippen molar-refractivity contribution < 1.29 is 273 Å². The monoisotopic (exact) mass is 3050 g/mol. The Hall–Kier alpha value is 5.61. The molecule has 0 aliphatic carbocycles. The van der Waals surface area contributed by atoms with Gasteiger partial charge in [-0.05, 0) is 0 Å². The van der Waals surface area contributed by atoms with Crippen LogP contribution in [0.25, 0.3) is 68.8 Å². The molecule has 0 spiro atoms. The van der Waals surface area contributed by atoms with E-state index in [2.05, 4.69) is 60.4 Å². The van der Waals surface area contributed by atoms with Crippen LogP contribution in [0.3, 0.4) is 0 Å². The van der Waals surface area contributed by atoms with E-state index in [1.54, 1.807) is 0 Å². The summed E-state index contributed by atoms with van der Waals surface area (Å²) >= 11 is 1.30. The van der Waals surface area contributed by atoms with E-state index in [1.165, 1.54) is 0 Å². The molecular weight excluding hydrogens is 2970 g/mol. The largest absolute Gasteiger partial charge is 2.00 e. The number of rotatable bonds is 12. The van der Waals surface area contributed by atoms with Crippen LogP contribution in [0.15, 0.2) is 0 Å². The maximum Gasteiger partial charge on any atom is 2.00 e. The minimum absolute atomic E-state index is 0. The molecule has 0 amide bonds. The van der Waals surface area contributed by atoms with Crippen molar-refractivity contribution in [2.45, 2.75) is 0 Å². The van der Waals surface area contributed by atoms with Crippen molar-refractivity contribution in [1.29, 1.82) is 0 Å². The van der Waals surface area contributed by atoms with Crippen molar-refractivity contribution in [3.05, 3.63) is 109 Å². The topological polar surface area (TPSA) is 939 Å². The number of halogens is 12. The Labute approximate surface area is 666 Å². The van der Waals surface area contributed by atoms with Crippen molar-refractivity contribution in [3.8, 4) is 0 Å². The molecule has 0 aromatic heterocycles. The summed E-state index contributed by atoms with van der Waals surface area (Å²) in [7, 11) is 47.7. The molecule has 2 radical (unpaired) electrons. The van der Waals surface area contributed by atoms with Crippen LogP contribution in [0.4, 0.5) is 0 Å². The number of aliphatic hydroxyl groups is 12. The molecule has 0 heterocycles. The van der Waals surface area contributed by atoms with Gasteiger partial charge in [-0.25, -0.2) is 0 Å². The SMILES string of the molecule is ClCl.O.O.O.O.O.O=[N+]([O-])O.O=[N+]([O-])O.O=[N+]([O-])O.O=[N+]([O-])O.[Ag].[Ag].[Cl][Pt+2]([Cl])([Cl])[Cl].[Cl][Pt+2][Cl].[Cl][Pt+2][Cl].[I][Pt+2][I].[NH-]CCO.[NH-]CCO.[NH-]CCO.[NH-]CCO.[NH-]CCO.[NH-]CCO.[NH-]CCO.[NH-]CCO.[NH-]CCO.[NH-]CCO.[NH-]CCO.[NH-]CCO.[Pt+2].[Pt+2]. The van der Waals surface area contributed by atoms with Gasteiger partial charge in [0.2, 0.25) is 0 Å². The Morgan fingerprint density at radius 1 is 0.315 bits per heavy atom. The molecule has 89 heavy (non-hydrogen) atoms. The predicted octanol–water partition coefficient (Wildman–Crippen LogP) is 3.50. The van der Waals surface area contributed by atoms with Crippen LogP contribution in [0, 0.1) is 40.5 Å². The Morgan fingerprint density at radius 3 is 0.326 bits per heavy atom. The molecule has 0 rings (SSSR count). The van der Waals surface area contributed by atoms with E-state index < -0.39 is 65.2 Å². The van der Waals surface area contributed by atoms with Gasteiger partial charge < -0.3 is 178 Å². The van der Waals surface area contributed by atoms with E-state index in [0.29, 0.717) is 11.2 Å². The molecule has 0 bridgehead atoms. The molecule has 0 unspecified atom stereocenters. The van der Waals surface area contributed by atoms with Crippen LogP contribution in [-0.2, 0) is 143 Å². The van der Waals surface area contributed by atoms with Crippen LogP contribution < -0.4 is 0 Å². The van der Waals surface area contributed by atoms with Crippen molar-refractivity contribution in [2.24, 2.45) is 0 Å². The molecule has 65 heteroatoms. The summed E-state index contributed by atoms with van der Waals surface area (Å²) in [6, 6.07) is 0. The second-order valence-corrected chi connectivity index (χ2v) is 49.9. The molecule has 0 aromatic carbocycles. The van der Waals surface area contributed by atoms with Crippen molar-refractivity contribution in [2.75, 3.05) is 158 Å². The summed E-state index contributed by atoms with van der Waals surface area (Å²) in [5.74, 6) is 0. The van der Waals surface area contributed by atoms with E-state index in [0.717, 1.165) is 0 Å². The fraction of sp³-hybridized carbons (Fsp3) is 1.00. The fourth-order valence-corrected chi connectivity index (χ4v) is 0. The molecule has 602 valence electrons. The number of hydrogen-bond acceptors (Lipinski definition) is 20. The maximum absolute atomic E-state index is 8.36. The van der Waals surface area contributed by atoms with E-state index in [4.69, 9.17) is 267 Å². The first kappa shape index (κ1) is 199. The van der Waals surface area contributed by atoms with Gasteiger partial charge in [0.05, 0.1) is 0 Å². The normalized spacial score (nSPS) is 6.79. The Morgan fingerprint density at radius 2 is 0.326 bits per heavy atom. The number of nitrogens with zero attached hydrogens (tertiary/aromatic N) is 4. The van der Waals surface area contributed by atoms with Crippen LogP contribution in [0.5, 0.6) is 0 Å². The Kier molecular flexibility index (Phi) is 699. The first-order valence-electron chi connectivity index (χ1n) is 17.6. The summed E-state index contributed by atoms with van der Waals surface area (Å²) < 4.78 is 0. The van der Waals surface area contributed by atoms with Crippen LogP contribution in [0.2, 0.25) is 0 Å². The van der Waals surface area contributed by atoms with E-state index in [1.807, 2.05) is 0 Å². The van der Waals surface area contributed by atoms with E-state index >= 15 is 0 Å². The number of aliphatic hydroxyl groups excluding tert-OH is 12. The first-order valence-corrected chi connectivity index (χ1v) is 54.2. The Bertz CT molecular complexity index is 663. The van der Waals surface area contributed by atoms with Gasteiger partial charge >= 0.3 is 212 Å². The number of hydrogen-bond donors (Lipinski definition) is 16. The van der Waals surface area contributed by atoms with Gasteiger partial charge in [0.1, 0.15) is 0 Å². The summed E-state index contributed by atoms with van der Waals surface area (Å²) in [6.07, 6.45) is 0. The zero-order valence-electron chi connectivity index (χ0n) is 44.7. The van der Waals surface area contributed by atoms with Gasteiger partial charge in [0.15, 0.2) is 0 Å². The average molecular weight is 3060 g/mol. The van der Waals surface area contributed by atoms with Crippen LogP contribution in [0.1, 0.15) is 0 Å². The molecule has 0 aliphatic rings. The predicted molar refractivity (Wildman–Crippen MR) is 335 cm³/mol. The molecule has 0 saturated carbocycles. The summed E-state index contributed by atoms with van der Waals surface area (Å²) in [5, 5.41) is 147. The quantitative estimate of drug-likeness (QED) is 0.0575. The van der Waals surface area contributed by atoms with Gasteiger partial charge in [-0.15, -0.1) is 119 Å². The summed E-state index contributed by atoms with van der Waals surface area (Å²) in [4.78, 5) is 33.4. The second kappa shape index (κ2) is 313. The van der Waals surface area contributed by atoms with Crippen molar-refractivity contribution in [3.63, 3.8) is 0 Å². The fourth-order valence-electron chi connectivity index (χ4n) is 0. The van der Waals surface area contributed by atoms with Gasteiger partial charge in [-0.1, -0.05) is 0 Å². The average Bonchev–Trinajstić information content (AvgIpc) is 3.41. The maximum atomic E-state index is 8.36. The van der Waals surface area contributed by atoms with Crippen LogP contribution >= 0.6 is 136 Å². The molecule has 38 N–H and O–H groups in total. The Balaban J connectivity index is -0.0000000146. The minimum Gasteiger partial charge on any atom is -0.676 e. The molecule has 45 nitrogen and oxygen atoms in total. The van der Waals surface area contributed by atoms with E-state index in [-0.39, 0.29) is 272 Å². The third-order valence-corrected chi connectivity index (χ3v) is 1.34. The molecule has 0 aliphatic heterocycles.